The quantitative estimate of drug-likeness (QED) is 0.287. The summed E-state index contributed by atoms with van der Waals surface area (Å²) in [6.07, 6.45) is 2.69. The zero-order valence-corrected chi connectivity index (χ0v) is 21.7. The Kier molecular flexibility index (Phi) is 6.36. The molecule has 39 heavy (non-hydrogen) atoms. The van der Waals surface area contributed by atoms with Crippen LogP contribution in [-0.4, -0.2) is 32.4 Å². The molecule has 3 aromatic carbocycles. The highest BCUT2D eigenvalue weighted by atomic mass is 19.1. The van der Waals surface area contributed by atoms with Crippen LogP contribution in [0.1, 0.15) is 35.5 Å². The number of nitrogens with one attached hydrogen (secondary N) is 1. The van der Waals surface area contributed by atoms with Gasteiger partial charge in [0.05, 0.1) is 36.8 Å². The molecule has 0 radical (unpaired) electrons. The first kappa shape index (κ1) is 24.5. The highest BCUT2D eigenvalue weighted by Gasteiger charge is 2.36. The average molecular weight is 522 g/mol. The first-order valence-corrected chi connectivity index (χ1v) is 12.9. The van der Waals surface area contributed by atoms with E-state index in [-0.39, 0.29) is 11.8 Å². The minimum Gasteiger partial charge on any atom is -0.497 e. The van der Waals surface area contributed by atoms with E-state index in [0.717, 1.165) is 34.0 Å². The number of ether oxygens (including phenoxy) is 1. The van der Waals surface area contributed by atoms with E-state index in [1.807, 2.05) is 71.5 Å². The van der Waals surface area contributed by atoms with Crippen LogP contribution in [0.15, 0.2) is 97.2 Å². The summed E-state index contributed by atoms with van der Waals surface area (Å²) >= 11 is 0. The van der Waals surface area contributed by atoms with Gasteiger partial charge in [-0.05, 0) is 60.5 Å². The van der Waals surface area contributed by atoms with Crippen LogP contribution < -0.4 is 10.1 Å². The van der Waals surface area contributed by atoms with Crippen molar-refractivity contribution in [1.29, 1.82) is 0 Å². The molecule has 2 amide bonds. The Balaban J connectivity index is 1.53. The highest BCUT2D eigenvalue weighted by Crippen LogP contribution is 2.39. The summed E-state index contributed by atoms with van der Waals surface area (Å²) in [6.45, 7) is 2.38. The number of rotatable bonds is 5. The zero-order chi connectivity index (χ0) is 26.9. The van der Waals surface area contributed by atoms with Crippen molar-refractivity contribution in [3.63, 3.8) is 0 Å². The molecule has 1 N–H and O–H groups in total. The van der Waals surface area contributed by atoms with Gasteiger partial charge in [0.2, 0.25) is 0 Å². The van der Waals surface area contributed by atoms with Gasteiger partial charge in [0.1, 0.15) is 17.4 Å². The number of fused-ring (bicyclic) bond motifs is 3. The Morgan fingerprint density at radius 2 is 1.82 bits per heavy atom. The van der Waals surface area contributed by atoms with E-state index in [1.54, 1.807) is 30.2 Å². The lowest BCUT2D eigenvalue weighted by Gasteiger charge is -2.31. The summed E-state index contributed by atoms with van der Waals surface area (Å²) in [5.41, 5.74) is 5.10. The zero-order valence-electron chi connectivity index (χ0n) is 21.7. The van der Waals surface area contributed by atoms with Crippen LogP contribution in [0.2, 0.25) is 0 Å². The van der Waals surface area contributed by atoms with Gasteiger partial charge in [0.15, 0.2) is 0 Å². The molecule has 2 aromatic heterocycles. The number of carbonyl (C=O) groups is 1. The van der Waals surface area contributed by atoms with Crippen LogP contribution in [0.3, 0.4) is 0 Å². The summed E-state index contributed by atoms with van der Waals surface area (Å²) in [6, 6.07) is 26.8. The SMILES string of the molecule is CCc1nn(-c2ccccc2)c2c1CN(C(=O)Nc1cccc(OC)c1)[C@H](c1ccc(F)cc1)c1cccn1-2. The molecular formula is C31H28FN5O2. The molecule has 1 atom stereocenters. The second kappa shape index (κ2) is 10.1. The standard InChI is InChI=1S/C31H28FN5O2/c1-3-27-26-20-36(31(38)33-23-9-7-12-25(19-23)39-2)29(21-14-16-22(32)17-15-21)28-13-8-18-35(28)30(26)37(34-27)24-10-5-4-6-11-24/h4-19,29H,3,20H2,1-2H3,(H,33,38)/t29-/m1/s1. The normalized spacial score (nSPS) is 14.3. The van der Waals surface area contributed by atoms with Crippen LogP contribution in [0, 0.1) is 5.82 Å². The molecule has 7 nitrogen and oxygen atoms in total. The molecule has 0 fully saturated rings. The summed E-state index contributed by atoms with van der Waals surface area (Å²) < 4.78 is 23.4. The van der Waals surface area contributed by atoms with E-state index in [1.165, 1.54) is 12.1 Å². The van der Waals surface area contributed by atoms with Gasteiger partial charge in [-0.2, -0.15) is 5.10 Å². The van der Waals surface area contributed by atoms with Gasteiger partial charge >= 0.3 is 6.03 Å². The van der Waals surface area contributed by atoms with Crippen molar-refractivity contribution in [3.8, 4) is 17.3 Å². The van der Waals surface area contributed by atoms with Crippen LogP contribution in [-0.2, 0) is 13.0 Å². The van der Waals surface area contributed by atoms with E-state index in [4.69, 9.17) is 9.84 Å². The Hall–Kier alpha value is -4.85. The molecule has 196 valence electrons. The van der Waals surface area contributed by atoms with Gasteiger partial charge in [-0.3, -0.25) is 0 Å². The Morgan fingerprint density at radius 1 is 1.03 bits per heavy atom. The largest absolute Gasteiger partial charge is 0.497 e. The topological polar surface area (TPSA) is 64.3 Å². The number of benzene rings is 3. The molecule has 5 aromatic rings. The van der Waals surface area contributed by atoms with Gasteiger partial charge in [0, 0.05) is 23.5 Å². The number of nitrogens with zero attached hydrogens (tertiary/aromatic N) is 4. The molecule has 0 aliphatic carbocycles. The summed E-state index contributed by atoms with van der Waals surface area (Å²) in [5, 5.41) is 8.03. The minimum absolute atomic E-state index is 0.285. The summed E-state index contributed by atoms with van der Waals surface area (Å²) in [5.74, 6) is 1.21. The van der Waals surface area contributed by atoms with Crippen molar-refractivity contribution in [1.82, 2.24) is 19.2 Å². The molecule has 3 heterocycles. The molecule has 8 heteroatoms. The predicted octanol–water partition coefficient (Wildman–Crippen LogP) is 6.51. The lowest BCUT2D eigenvalue weighted by molar-refractivity contribution is 0.194. The number of amides is 2. The number of aryl methyl sites for hydroxylation is 1. The number of halogens is 1. The molecule has 0 unspecified atom stereocenters. The number of anilines is 1. The molecule has 1 aliphatic rings. The summed E-state index contributed by atoms with van der Waals surface area (Å²) in [4.78, 5) is 15.8. The number of hydrogen-bond donors (Lipinski definition) is 1. The number of carbonyl (C=O) groups excluding carboxylic acids is 1. The third kappa shape index (κ3) is 4.44. The molecule has 0 bridgehead atoms. The fraction of sp³-hybridized carbons (Fsp3) is 0.161. The lowest BCUT2D eigenvalue weighted by Crippen LogP contribution is -2.38. The van der Waals surface area contributed by atoms with Crippen LogP contribution in [0.4, 0.5) is 14.9 Å². The second-order valence-electron chi connectivity index (χ2n) is 9.40. The van der Waals surface area contributed by atoms with Crippen molar-refractivity contribution >= 4 is 11.7 Å². The highest BCUT2D eigenvalue weighted by molar-refractivity contribution is 5.90. The van der Waals surface area contributed by atoms with E-state index in [2.05, 4.69) is 16.8 Å². The fourth-order valence-electron chi connectivity index (χ4n) is 5.24. The van der Waals surface area contributed by atoms with Gasteiger partial charge in [-0.25, -0.2) is 13.9 Å². The van der Waals surface area contributed by atoms with Crippen molar-refractivity contribution in [2.24, 2.45) is 0 Å². The second-order valence-corrected chi connectivity index (χ2v) is 9.40. The van der Waals surface area contributed by atoms with Crippen molar-refractivity contribution in [2.45, 2.75) is 25.9 Å². The average Bonchev–Trinajstić information content (AvgIpc) is 3.55. The molecule has 0 spiro atoms. The summed E-state index contributed by atoms with van der Waals surface area (Å²) in [7, 11) is 1.59. The Labute approximate surface area is 226 Å². The smallest absolute Gasteiger partial charge is 0.322 e. The van der Waals surface area contributed by atoms with Gasteiger partial charge in [-0.1, -0.05) is 43.3 Å². The van der Waals surface area contributed by atoms with Gasteiger partial charge in [0.25, 0.3) is 0 Å². The first-order chi connectivity index (χ1) is 19.1. The Bertz CT molecular complexity index is 1620. The van der Waals surface area contributed by atoms with Crippen molar-refractivity contribution < 1.29 is 13.9 Å². The monoisotopic (exact) mass is 521 g/mol. The first-order valence-electron chi connectivity index (χ1n) is 12.9. The van der Waals surface area contributed by atoms with Crippen LogP contribution >= 0.6 is 0 Å². The van der Waals surface area contributed by atoms with Gasteiger partial charge < -0.3 is 19.5 Å². The Morgan fingerprint density at radius 3 is 2.56 bits per heavy atom. The molecule has 0 saturated heterocycles. The predicted molar refractivity (Wildman–Crippen MR) is 148 cm³/mol. The number of urea groups is 1. The lowest BCUT2D eigenvalue weighted by atomic mass is 10.0. The van der Waals surface area contributed by atoms with Gasteiger partial charge in [-0.15, -0.1) is 0 Å². The molecule has 1 aliphatic heterocycles. The van der Waals surface area contributed by atoms with Crippen molar-refractivity contribution in [2.75, 3.05) is 12.4 Å². The van der Waals surface area contributed by atoms with Crippen molar-refractivity contribution in [3.05, 3.63) is 126 Å². The number of hydrogen-bond acceptors (Lipinski definition) is 3. The fourth-order valence-corrected chi connectivity index (χ4v) is 5.24. The molecule has 0 saturated carbocycles. The van der Waals surface area contributed by atoms with Crippen LogP contribution in [0.25, 0.3) is 11.5 Å². The molecular weight excluding hydrogens is 493 g/mol. The van der Waals surface area contributed by atoms with E-state index in [9.17, 15) is 9.18 Å². The van der Waals surface area contributed by atoms with E-state index in [0.29, 0.717) is 24.4 Å². The number of para-hydroxylation sites is 1. The third-order valence-electron chi connectivity index (χ3n) is 7.07. The maximum absolute atomic E-state index is 14.1. The van der Waals surface area contributed by atoms with Crippen LogP contribution in [0.5, 0.6) is 5.75 Å². The maximum Gasteiger partial charge on any atom is 0.322 e. The third-order valence-corrected chi connectivity index (χ3v) is 7.07. The number of aromatic nitrogens is 3. The maximum atomic E-state index is 14.1. The minimum atomic E-state index is -0.479. The van der Waals surface area contributed by atoms with E-state index >= 15 is 0 Å². The molecule has 6 rings (SSSR count). The van der Waals surface area contributed by atoms with E-state index < -0.39 is 6.04 Å². The number of methoxy groups -OCH3 is 1.